The molecular weight excluding hydrogens is 332 g/mol. The first-order chi connectivity index (χ1) is 9.90. The van der Waals surface area contributed by atoms with Gasteiger partial charge in [-0.1, -0.05) is 26.7 Å². The van der Waals surface area contributed by atoms with Crippen molar-refractivity contribution < 1.29 is 14.6 Å². The normalized spacial score (nSPS) is 22.7. The lowest BCUT2D eigenvalue weighted by atomic mass is 9.65. The fraction of sp³-hybridized carbons (Fsp3) is 0.647. The molecule has 1 aliphatic carbocycles. The van der Waals surface area contributed by atoms with Gasteiger partial charge in [0.15, 0.2) is 0 Å². The van der Waals surface area contributed by atoms with Gasteiger partial charge in [0.05, 0.1) is 24.8 Å². The molecule has 0 bridgehead atoms. The van der Waals surface area contributed by atoms with Crippen LogP contribution in [0.15, 0.2) is 16.6 Å². The quantitative estimate of drug-likeness (QED) is 0.848. The molecule has 2 rings (SSSR count). The van der Waals surface area contributed by atoms with Gasteiger partial charge in [0, 0.05) is 5.56 Å². The van der Waals surface area contributed by atoms with Crippen molar-refractivity contribution in [1.29, 1.82) is 0 Å². The van der Waals surface area contributed by atoms with Crippen LogP contribution >= 0.6 is 15.9 Å². The Balaban J connectivity index is 2.39. The third-order valence-corrected chi connectivity index (χ3v) is 5.41. The lowest BCUT2D eigenvalue weighted by Crippen LogP contribution is -2.32. The summed E-state index contributed by atoms with van der Waals surface area (Å²) in [5, 5.41) is 11.0. The zero-order valence-corrected chi connectivity index (χ0v) is 14.9. The monoisotopic (exact) mass is 356 g/mol. The third kappa shape index (κ3) is 3.37. The highest BCUT2D eigenvalue weighted by Gasteiger charge is 2.38. The minimum atomic E-state index is -0.530. The van der Waals surface area contributed by atoms with Gasteiger partial charge in [0.1, 0.15) is 11.5 Å². The highest BCUT2D eigenvalue weighted by Crippen LogP contribution is 2.49. The number of benzene rings is 1. The van der Waals surface area contributed by atoms with E-state index in [2.05, 4.69) is 29.8 Å². The zero-order valence-electron chi connectivity index (χ0n) is 13.3. The molecular formula is C17H25BrO3. The smallest absolute Gasteiger partial charge is 0.133 e. The Bertz CT molecular complexity index is 499. The van der Waals surface area contributed by atoms with E-state index < -0.39 is 6.10 Å². The molecule has 1 N–H and O–H groups in total. The van der Waals surface area contributed by atoms with Crippen LogP contribution in [-0.4, -0.2) is 19.3 Å². The second-order valence-electron chi connectivity index (χ2n) is 6.51. The van der Waals surface area contributed by atoms with Gasteiger partial charge in [-0.15, -0.1) is 0 Å². The number of halogens is 1. The van der Waals surface area contributed by atoms with Crippen LogP contribution in [0.25, 0.3) is 0 Å². The minimum Gasteiger partial charge on any atom is -0.496 e. The standard InChI is InChI=1S/C17H25BrO3/c1-17(2)8-6-5-7-12(17)16(19)11-9-15(21-4)13(18)10-14(11)20-3/h9-10,12,16,19H,5-8H2,1-4H3. The number of hydrogen-bond donors (Lipinski definition) is 1. The Morgan fingerprint density at radius 2 is 1.86 bits per heavy atom. The van der Waals surface area contributed by atoms with Gasteiger partial charge in [-0.05, 0) is 52.2 Å². The van der Waals surface area contributed by atoms with Gasteiger partial charge in [-0.25, -0.2) is 0 Å². The predicted octanol–water partition coefficient (Wildman–Crippen LogP) is 4.72. The van der Waals surface area contributed by atoms with Gasteiger partial charge in [-0.2, -0.15) is 0 Å². The Morgan fingerprint density at radius 3 is 2.43 bits per heavy atom. The van der Waals surface area contributed by atoms with Crippen LogP contribution in [0.3, 0.4) is 0 Å². The van der Waals surface area contributed by atoms with Gasteiger partial charge < -0.3 is 14.6 Å². The zero-order chi connectivity index (χ0) is 15.6. The fourth-order valence-electron chi connectivity index (χ4n) is 3.44. The van der Waals surface area contributed by atoms with Crippen LogP contribution < -0.4 is 9.47 Å². The summed E-state index contributed by atoms with van der Waals surface area (Å²) in [6.07, 6.45) is 4.11. The van der Waals surface area contributed by atoms with Gasteiger partial charge in [0.25, 0.3) is 0 Å². The average molecular weight is 357 g/mol. The number of aliphatic hydroxyl groups is 1. The number of hydrogen-bond acceptors (Lipinski definition) is 3. The van der Waals surface area contributed by atoms with E-state index in [0.29, 0.717) is 5.75 Å². The lowest BCUT2D eigenvalue weighted by molar-refractivity contribution is 0.00257. The maximum atomic E-state index is 11.0. The summed E-state index contributed by atoms with van der Waals surface area (Å²) < 4.78 is 11.7. The molecule has 0 aromatic heterocycles. The molecule has 2 atom stereocenters. The molecule has 0 spiro atoms. The molecule has 0 radical (unpaired) electrons. The van der Waals surface area contributed by atoms with Crippen molar-refractivity contribution in [3.63, 3.8) is 0 Å². The van der Waals surface area contributed by atoms with Crippen molar-refractivity contribution in [3.05, 3.63) is 22.2 Å². The van der Waals surface area contributed by atoms with Crippen molar-refractivity contribution >= 4 is 15.9 Å². The minimum absolute atomic E-state index is 0.142. The molecule has 1 aromatic carbocycles. The van der Waals surface area contributed by atoms with Crippen LogP contribution in [0.1, 0.15) is 51.2 Å². The summed E-state index contributed by atoms with van der Waals surface area (Å²) in [5.74, 6) is 1.67. The van der Waals surface area contributed by atoms with Crippen LogP contribution in [0.4, 0.5) is 0 Å². The number of methoxy groups -OCH3 is 2. The molecule has 3 nitrogen and oxygen atoms in total. The first kappa shape index (κ1) is 16.6. The van der Waals surface area contributed by atoms with Crippen molar-refractivity contribution in [1.82, 2.24) is 0 Å². The third-order valence-electron chi connectivity index (χ3n) is 4.79. The van der Waals surface area contributed by atoms with E-state index in [1.54, 1.807) is 14.2 Å². The predicted molar refractivity (Wildman–Crippen MR) is 87.9 cm³/mol. The molecule has 2 unspecified atom stereocenters. The fourth-order valence-corrected chi connectivity index (χ4v) is 3.92. The molecule has 118 valence electrons. The van der Waals surface area contributed by atoms with Gasteiger partial charge >= 0.3 is 0 Å². The van der Waals surface area contributed by atoms with E-state index in [1.807, 2.05) is 12.1 Å². The van der Waals surface area contributed by atoms with Crippen LogP contribution in [0.2, 0.25) is 0 Å². The summed E-state index contributed by atoms with van der Waals surface area (Å²) in [6, 6.07) is 3.76. The summed E-state index contributed by atoms with van der Waals surface area (Å²) in [4.78, 5) is 0. The molecule has 4 heteroatoms. The van der Waals surface area contributed by atoms with Crippen molar-refractivity contribution in [3.8, 4) is 11.5 Å². The molecule has 21 heavy (non-hydrogen) atoms. The second-order valence-corrected chi connectivity index (χ2v) is 7.37. The Hall–Kier alpha value is -0.740. The van der Waals surface area contributed by atoms with E-state index in [1.165, 1.54) is 12.8 Å². The largest absolute Gasteiger partial charge is 0.496 e. The summed E-state index contributed by atoms with van der Waals surface area (Å²) in [7, 11) is 3.27. The molecule has 0 amide bonds. The van der Waals surface area contributed by atoms with Crippen molar-refractivity contribution in [2.45, 2.75) is 45.6 Å². The molecule has 0 heterocycles. The molecule has 0 aliphatic heterocycles. The molecule has 1 aliphatic rings. The summed E-state index contributed by atoms with van der Waals surface area (Å²) in [6.45, 7) is 4.51. The van der Waals surface area contributed by atoms with Crippen LogP contribution in [0.5, 0.6) is 11.5 Å². The maximum absolute atomic E-state index is 11.0. The van der Waals surface area contributed by atoms with E-state index >= 15 is 0 Å². The second kappa shape index (κ2) is 6.57. The molecule has 1 aromatic rings. The van der Waals surface area contributed by atoms with E-state index in [-0.39, 0.29) is 11.3 Å². The molecule has 0 saturated heterocycles. The Kier molecular flexibility index (Phi) is 5.20. The average Bonchev–Trinajstić information content (AvgIpc) is 2.45. The summed E-state index contributed by atoms with van der Waals surface area (Å²) in [5.41, 5.74) is 0.959. The van der Waals surface area contributed by atoms with Gasteiger partial charge in [0.2, 0.25) is 0 Å². The van der Waals surface area contributed by atoms with Crippen LogP contribution in [-0.2, 0) is 0 Å². The highest BCUT2D eigenvalue weighted by molar-refractivity contribution is 9.10. The Morgan fingerprint density at radius 1 is 1.19 bits per heavy atom. The number of aliphatic hydroxyl groups excluding tert-OH is 1. The topological polar surface area (TPSA) is 38.7 Å². The molecule has 1 fully saturated rings. The highest BCUT2D eigenvalue weighted by atomic mass is 79.9. The van der Waals surface area contributed by atoms with E-state index in [4.69, 9.17) is 9.47 Å². The first-order valence-electron chi connectivity index (χ1n) is 7.50. The van der Waals surface area contributed by atoms with E-state index in [9.17, 15) is 5.11 Å². The number of ether oxygens (including phenoxy) is 2. The van der Waals surface area contributed by atoms with Crippen molar-refractivity contribution in [2.24, 2.45) is 11.3 Å². The summed E-state index contributed by atoms with van der Waals surface area (Å²) >= 11 is 3.46. The molecule has 1 saturated carbocycles. The van der Waals surface area contributed by atoms with E-state index in [0.717, 1.165) is 28.6 Å². The SMILES string of the molecule is COc1cc(C(O)C2CCCCC2(C)C)c(OC)cc1Br. The van der Waals surface area contributed by atoms with Crippen LogP contribution in [0, 0.1) is 11.3 Å². The van der Waals surface area contributed by atoms with Gasteiger partial charge in [-0.3, -0.25) is 0 Å². The first-order valence-corrected chi connectivity index (χ1v) is 8.29. The lowest BCUT2D eigenvalue weighted by Gasteiger charge is -2.41. The number of rotatable bonds is 4. The maximum Gasteiger partial charge on any atom is 0.133 e. The van der Waals surface area contributed by atoms with Crippen molar-refractivity contribution in [2.75, 3.05) is 14.2 Å². The Labute approximate surface area is 135 Å².